The average Bonchev–Trinajstić information content (AvgIpc) is 2.91. The number of aromatic hydroxyl groups is 1. The van der Waals surface area contributed by atoms with Gasteiger partial charge in [0, 0.05) is 19.6 Å². The van der Waals surface area contributed by atoms with Crippen molar-refractivity contribution in [3.8, 4) is 5.88 Å². The summed E-state index contributed by atoms with van der Waals surface area (Å²) in [5.41, 5.74) is 2.91. The van der Waals surface area contributed by atoms with Gasteiger partial charge < -0.3 is 16.2 Å². The lowest BCUT2D eigenvalue weighted by molar-refractivity contribution is -0.130. The molecule has 0 radical (unpaired) electrons. The van der Waals surface area contributed by atoms with Gasteiger partial charge in [-0.2, -0.15) is 0 Å². The lowest BCUT2D eigenvalue weighted by atomic mass is 9.78. The monoisotopic (exact) mass is 448 g/mol. The largest absolute Gasteiger partial charge is 0.494 e. The summed E-state index contributed by atoms with van der Waals surface area (Å²) < 4.78 is 2.25. The van der Waals surface area contributed by atoms with Crippen molar-refractivity contribution in [2.75, 3.05) is 7.05 Å². The molecule has 2 heterocycles. The molecule has 0 aromatic carbocycles. The molecule has 1 aromatic rings. The number of rotatable bonds is 7. The highest BCUT2D eigenvalue weighted by atomic mass is 16.3. The van der Waals surface area contributed by atoms with Crippen LogP contribution in [0.4, 0.5) is 4.79 Å². The molecule has 176 valence electrons. The molecule has 1 aliphatic heterocycles. The zero-order chi connectivity index (χ0) is 23.8. The molecular weight excluding hydrogens is 416 g/mol. The summed E-state index contributed by atoms with van der Waals surface area (Å²) in [5, 5.41) is 20.9. The van der Waals surface area contributed by atoms with Crippen molar-refractivity contribution in [2.45, 2.75) is 76.9 Å². The standard InChI is InChI=1S/C21H32N6O5/c1-4-5-10-26-16(28)14(15(22)23)17(29)27(20(26)32)13-8-6-12(7-9-13)11-21(2)18(30)25(3)19(31)24-21/h12-13,28H,4-11H2,1-3H3,(H3,22,23)(H,24,31)/t12?,13?,21-/m0/s1. The SMILES string of the molecule is CCCCn1c(O)c(C(=N)N)c(=O)n(C2CCC(C[C@]3(C)NC(=O)N(C)C3=O)CC2)c1=O. The number of likely N-dealkylation sites (N-methyl/N-ethyl adjacent to an activating group) is 1. The number of hydrogen-bond donors (Lipinski definition) is 4. The van der Waals surface area contributed by atoms with Gasteiger partial charge in [-0.05, 0) is 51.4 Å². The molecule has 1 saturated carbocycles. The number of nitrogens with two attached hydrogens (primary N) is 1. The Hall–Kier alpha value is -3.11. The van der Waals surface area contributed by atoms with Gasteiger partial charge in [0.15, 0.2) is 0 Å². The summed E-state index contributed by atoms with van der Waals surface area (Å²) in [6.45, 7) is 3.89. The van der Waals surface area contributed by atoms with Crippen LogP contribution in [-0.4, -0.2) is 49.5 Å². The fraction of sp³-hybridized carbons (Fsp3) is 0.667. The Bertz CT molecular complexity index is 1050. The molecule has 2 aliphatic rings. The van der Waals surface area contributed by atoms with E-state index in [1.54, 1.807) is 6.92 Å². The topological polar surface area (TPSA) is 164 Å². The fourth-order valence-electron chi connectivity index (χ4n) is 4.89. The number of amides is 3. The third-order valence-electron chi connectivity index (χ3n) is 6.70. The second-order valence-corrected chi connectivity index (χ2v) is 9.08. The van der Waals surface area contributed by atoms with Crippen molar-refractivity contribution >= 4 is 17.8 Å². The van der Waals surface area contributed by atoms with E-state index >= 15 is 0 Å². The van der Waals surface area contributed by atoms with Crippen molar-refractivity contribution < 1.29 is 14.7 Å². The van der Waals surface area contributed by atoms with Crippen LogP contribution in [0.1, 0.15) is 70.4 Å². The van der Waals surface area contributed by atoms with Gasteiger partial charge in [-0.3, -0.25) is 29.0 Å². The van der Waals surface area contributed by atoms with Crippen molar-refractivity contribution in [3.05, 3.63) is 26.4 Å². The number of amidine groups is 1. The lowest BCUT2D eigenvalue weighted by Crippen LogP contribution is -2.47. The molecule has 2 fully saturated rings. The predicted molar refractivity (Wildman–Crippen MR) is 118 cm³/mol. The minimum atomic E-state index is -0.951. The molecule has 1 aliphatic carbocycles. The molecule has 1 atom stereocenters. The van der Waals surface area contributed by atoms with E-state index in [-0.39, 0.29) is 30.0 Å². The number of carbonyl (C=O) groups excluding carboxylic acids is 2. The van der Waals surface area contributed by atoms with Gasteiger partial charge in [0.05, 0.1) is 0 Å². The second-order valence-electron chi connectivity index (χ2n) is 9.08. The third-order valence-corrected chi connectivity index (χ3v) is 6.70. The summed E-state index contributed by atoms with van der Waals surface area (Å²) in [5.74, 6) is -1.25. The maximum Gasteiger partial charge on any atom is 0.334 e. The Morgan fingerprint density at radius 2 is 1.84 bits per heavy atom. The molecule has 1 aromatic heterocycles. The Labute approximate surface area is 185 Å². The van der Waals surface area contributed by atoms with Crippen LogP contribution in [-0.2, 0) is 11.3 Å². The van der Waals surface area contributed by atoms with E-state index in [0.29, 0.717) is 38.5 Å². The molecule has 1 saturated heterocycles. The van der Waals surface area contributed by atoms with Crippen molar-refractivity contribution in [1.82, 2.24) is 19.4 Å². The zero-order valence-electron chi connectivity index (χ0n) is 18.8. The number of hydrogen-bond acceptors (Lipinski definition) is 6. The number of nitrogens with one attached hydrogen (secondary N) is 2. The van der Waals surface area contributed by atoms with E-state index in [2.05, 4.69) is 5.32 Å². The molecular formula is C21H32N6O5. The van der Waals surface area contributed by atoms with Gasteiger partial charge in [0.1, 0.15) is 16.9 Å². The summed E-state index contributed by atoms with van der Waals surface area (Å²) in [6, 6.07) is -0.798. The Morgan fingerprint density at radius 1 is 1.22 bits per heavy atom. The van der Waals surface area contributed by atoms with E-state index in [0.717, 1.165) is 20.5 Å². The van der Waals surface area contributed by atoms with E-state index in [1.807, 2.05) is 6.92 Å². The Morgan fingerprint density at radius 3 is 2.34 bits per heavy atom. The molecule has 11 nitrogen and oxygen atoms in total. The van der Waals surface area contributed by atoms with Crippen LogP contribution in [0.3, 0.4) is 0 Å². The van der Waals surface area contributed by atoms with Crippen molar-refractivity contribution in [2.24, 2.45) is 11.7 Å². The summed E-state index contributed by atoms with van der Waals surface area (Å²) in [6.07, 6.45) is 4.30. The quantitative estimate of drug-likeness (QED) is 0.274. The van der Waals surface area contributed by atoms with E-state index < -0.39 is 34.5 Å². The molecule has 3 amide bonds. The van der Waals surface area contributed by atoms with Gasteiger partial charge in [-0.25, -0.2) is 9.59 Å². The number of aromatic nitrogens is 2. The maximum absolute atomic E-state index is 13.1. The first kappa shape index (κ1) is 23.6. The number of carbonyl (C=O) groups is 2. The van der Waals surface area contributed by atoms with E-state index in [9.17, 15) is 24.3 Å². The molecule has 0 bridgehead atoms. The highest BCUT2D eigenvalue weighted by Gasteiger charge is 2.47. The lowest BCUT2D eigenvalue weighted by Gasteiger charge is -2.33. The first-order valence-electron chi connectivity index (χ1n) is 11.0. The molecule has 0 unspecified atom stereocenters. The van der Waals surface area contributed by atoms with Crippen molar-refractivity contribution in [1.29, 1.82) is 5.41 Å². The number of unbranched alkanes of at least 4 members (excludes halogenated alkanes) is 1. The van der Waals surface area contributed by atoms with Crippen LogP contribution in [0, 0.1) is 11.3 Å². The minimum absolute atomic E-state index is 0.148. The van der Waals surface area contributed by atoms with Crippen LogP contribution in [0.5, 0.6) is 5.88 Å². The predicted octanol–water partition coefficient (Wildman–Crippen LogP) is 0.861. The van der Waals surface area contributed by atoms with Crippen LogP contribution in [0.2, 0.25) is 0 Å². The first-order chi connectivity index (χ1) is 15.0. The molecule has 3 rings (SSSR count). The van der Waals surface area contributed by atoms with Gasteiger partial charge in [-0.1, -0.05) is 13.3 Å². The summed E-state index contributed by atoms with van der Waals surface area (Å²) in [7, 11) is 1.45. The van der Waals surface area contributed by atoms with E-state index in [1.165, 1.54) is 7.05 Å². The van der Waals surface area contributed by atoms with Crippen LogP contribution in [0.15, 0.2) is 9.59 Å². The summed E-state index contributed by atoms with van der Waals surface area (Å²) in [4.78, 5) is 51.4. The number of urea groups is 1. The number of nitrogens with zero attached hydrogens (tertiary/aromatic N) is 3. The molecule has 32 heavy (non-hydrogen) atoms. The van der Waals surface area contributed by atoms with Crippen LogP contribution < -0.4 is 22.3 Å². The second kappa shape index (κ2) is 8.79. The van der Waals surface area contributed by atoms with Crippen LogP contribution in [0.25, 0.3) is 0 Å². The van der Waals surface area contributed by atoms with Crippen molar-refractivity contribution in [3.63, 3.8) is 0 Å². The number of nitrogen functional groups attached to an aromatic ring is 1. The number of imide groups is 1. The highest BCUT2D eigenvalue weighted by molar-refractivity contribution is 6.06. The minimum Gasteiger partial charge on any atom is -0.494 e. The molecule has 11 heteroatoms. The molecule has 5 N–H and O–H groups in total. The van der Waals surface area contributed by atoms with Crippen LogP contribution >= 0.6 is 0 Å². The third kappa shape index (κ3) is 4.03. The Balaban J connectivity index is 1.83. The fourth-order valence-corrected chi connectivity index (χ4v) is 4.89. The average molecular weight is 449 g/mol. The normalized spacial score (nSPS) is 25.8. The Kier molecular flexibility index (Phi) is 6.47. The van der Waals surface area contributed by atoms with Gasteiger partial charge in [-0.15, -0.1) is 0 Å². The summed E-state index contributed by atoms with van der Waals surface area (Å²) >= 11 is 0. The smallest absolute Gasteiger partial charge is 0.334 e. The highest BCUT2D eigenvalue weighted by Crippen LogP contribution is 2.37. The zero-order valence-corrected chi connectivity index (χ0v) is 18.8. The van der Waals surface area contributed by atoms with Gasteiger partial charge in [0.25, 0.3) is 11.5 Å². The van der Waals surface area contributed by atoms with E-state index in [4.69, 9.17) is 11.1 Å². The maximum atomic E-state index is 13.1. The van der Waals surface area contributed by atoms with Gasteiger partial charge in [0.2, 0.25) is 5.88 Å². The first-order valence-corrected chi connectivity index (χ1v) is 11.0. The van der Waals surface area contributed by atoms with Gasteiger partial charge >= 0.3 is 11.7 Å². The molecule has 0 spiro atoms.